The van der Waals surface area contributed by atoms with E-state index in [1.54, 1.807) is 24.3 Å². The number of fused-ring (bicyclic) bond motifs is 2. The molecule has 2 heterocycles. The average Bonchev–Trinajstić information content (AvgIpc) is 3.35. The number of ether oxygens (including phenoxy) is 1. The van der Waals surface area contributed by atoms with Gasteiger partial charge in [0, 0.05) is 22.8 Å². The molecule has 0 fully saturated rings. The molecule has 0 saturated heterocycles. The Labute approximate surface area is 178 Å². The Morgan fingerprint density at radius 2 is 1.68 bits per heavy atom. The van der Waals surface area contributed by atoms with E-state index in [1.165, 1.54) is 0 Å². The van der Waals surface area contributed by atoms with Crippen LogP contribution in [-0.2, 0) is 6.18 Å². The Morgan fingerprint density at radius 3 is 2.45 bits per heavy atom. The number of hydrogen-bond donors (Lipinski definition) is 3. The third kappa shape index (κ3) is 3.89. The summed E-state index contributed by atoms with van der Waals surface area (Å²) in [6, 6.07) is 16.7. The van der Waals surface area contributed by atoms with E-state index in [1.807, 2.05) is 30.5 Å². The maximum absolute atomic E-state index is 13.0. The maximum atomic E-state index is 13.0. The molecule has 0 amide bonds. The number of aromatic amines is 2. The summed E-state index contributed by atoms with van der Waals surface area (Å²) in [5.41, 5.74) is 1.33. The Morgan fingerprint density at radius 1 is 0.903 bits per heavy atom. The number of aromatic nitrogens is 3. The molecule has 5 nitrogen and oxygen atoms in total. The van der Waals surface area contributed by atoms with Crippen molar-refractivity contribution in [3.63, 3.8) is 0 Å². The van der Waals surface area contributed by atoms with E-state index in [2.05, 4.69) is 20.3 Å². The molecule has 0 aliphatic rings. The van der Waals surface area contributed by atoms with Crippen LogP contribution in [0.15, 0.2) is 66.9 Å². The zero-order valence-electron chi connectivity index (χ0n) is 15.7. The monoisotopic (exact) mass is 442 g/mol. The minimum atomic E-state index is -4.49. The van der Waals surface area contributed by atoms with Crippen molar-refractivity contribution in [2.24, 2.45) is 0 Å². The average molecular weight is 443 g/mol. The lowest BCUT2D eigenvalue weighted by Crippen LogP contribution is -2.04. The fourth-order valence-corrected chi connectivity index (χ4v) is 3.53. The van der Waals surface area contributed by atoms with Crippen LogP contribution in [-0.4, -0.2) is 15.0 Å². The third-order valence-corrected chi connectivity index (χ3v) is 5.03. The van der Waals surface area contributed by atoms with Gasteiger partial charge in [0.1, 0.15) is 17.0 Å². The van der Waals surface area contributed by atoms with Gasteiger partial charge in [-0.2, -0.15) is 13.2 Å². The molecule has 5 aromatic rings. The fourth-order valence-electron chi connectivity index (χ4n) is 3.27. The number of H-pyrrole nitrogens is 2. The van der Waals surface area contributed by atoms with Gasteiger partial charge in [-0.3, -0.25) is 0 Å². The van der Waals surface area contributed by atoms with E-state index in [9.17, 15) is 13.2 Å². The number of hydrogen-bond acceptors (Lipinski definition) is 3. The van der Waals surface area contributed by atoms with Crippen LogP contribution >= 0.6 is 11.6 Å². The largest absolute Gasteiger partial charge is 0.457 e. The number of halogens is 4. The van der Waals surface area contributed by atoms with Crippen molar-refractivity contribution >= 4 is 45.2 Å². The number of alkyl halides is 3. The van der Waals surface area contributed by atoms with Crippen molar-refractivity contribution < 1.29 is 17.9 Å². The quantitative estimate of drug-likeness (QED) is 0.274. The van der Waals surface area contributed by atoms with Gasteiger partial charge in [0.15, 0.2) is 0 Å². The number of rotatable bonds is 4. The minimum absolute atomic E-state index is 0.0720. The first-order chi connectivity index (χ1) is 14.8. The van der Waals surface area contributed by atoms with E-state index in [0.717, 1.165) is 23.0 Å². The molecule has 3 N–H and O–H groups in total. The normalized spacial score (nSPS) is 11.9. The predicted molar refractivity (Wildman–Crippen MR) is 114 cm³/mol. The van der Waals surface area contributed by atoms with Gasteiger partial charge < -0.3 is 20.0 Å². The highest BCUT2D eigenvalue weighted by atomic mass is 35.5. The lowest BCUT2D eigenvalue weighted by molar-refractivity contribution is -0.137. The van der Waals surface area contributed by atoms with Crippen molar-refractivity contribution in [1.29, 1.82) is 0 Å². The standard InChI is InChI=1S/C22H14ClF3N4O/c23-17-10-13(22(24,25)26)11-19-20(17)30-21(29-19)28-14-1-3-15(4-2-14)31-16-5-6-18-12(9-16)7-8-27-18/h1-11,27H,(H2,28,29,30). The summed E-state index contributed by atoms with van der Waals surface area (Å²) in [6.07, 6.45) is -2.62. The first-order valence-corrected chi connectivity index (χ1v) is 9.61. The van der Waals surface area contributed by atoms with Crippen LogP contribution in [0, 0.1) is 0 Å². The zero-order chi connectivity index (χ0) is 21.6. The van der Waals surface area contributed by atoms with Gasteiger partial charge in [-0.1, -0.05) is 11.6 Å². The van der Waals surface area contributed by atoms with Crippen LogP contribution in [0.4, 0.5) is 24.8 Å². The molecule has 2 aromatic heterocycles. The number of nitrogens with one attached hydrogen (secondary N) is 3. The van der Waals surface area contributed by atoms with E-state index in [4.69, 9.17) is 16.3 Å². The molecule has 0 radical (unpaired) electrons. The predicted octanol–water partition coefficient (Wildman–Crippen LogP) is 7.25. The maximum Gasteiger partial charge on any atom is 0.416 e. The molecule has 0 bridgehead atoms. The van der Waals surface area contributed by atoms with Gasteiger partial charge in [-0.15, -0.1) is 0 Å². The lowest BCUT2D eigenvalue weighted by Gasteiger charge is -2.07. The van der Waals surface area contributed by atoms with Gasteiger partial charge in [-0.25, -0.2) is 4.98 Å². The summed E-state index contributed by atoms with van der Waals surface area (Å²) in [6.45, 7) is 0. The van der Waals surface area contributed by atoms with E-state index in [-0.39, 0.29) is 22.0 Å². The van der Waals surface area contributed by atoms with Crippen LogP contribution in [0.1, 0.15) is 5.56 Å². The van der Waals surface area contributed by atoms with Crippen molar-refractivity contribution in [3.05, 3.63) is 77.4 Å². The summed E-state index contributed by atoms with van der Waals surface area (Å²) in [5, 5.41) is 4.00. The number of nitrogens with zero attached hydrogens (tertiary/aromatic N) is 1. The summed E-state index contributed by atoms with van der Waals surface area (Å²) in [7, 11) is 0. The molecule has 0 unspecified atom stereocenters. The Kier molecular flexibility index (Phi) is 4.51. The first kappa shape index (κ1) is 19.3. The van der Waals surface area contributed by atoms with E-state index < -0.39 is 11.7 Å². The zero-order valence-corrected chi connectivity index (χ0v) is 16.5. The molecular weight excluding hydrogens is 429 g/mol. The summed E-state index contributed by atoms with van der Waals surface area (Å²) >= 11 is 5.98. The second-order valence-electron chi connectivity index (χ2n) is 6.92. The second kappa shape index (κ2) is 7.24. The smallest absolute Gasteiger partial charge is 0.416 e. The Balaban J connectivity index is 1.34. The van der Waals surface area contributed by atoms with E-state index in [0.29, 0.717) is 17.2 Å². The molecular formula is C22H14ClF3N4O. The highest BCUT2D eigenvalue weighted by Gasteiger charge is 2.31. The highest BCUT2D eigenvalue weighted by molar-refractivity contribution is 6.35. The van der Waals surface area contributed by atoms with Crippen LogP contribution in [0.2, 0.25) is 5.02 Å². The summed E-state index contributed by atoms with van der Waals surface area (Å²) in [4.78, 5) is 10.2. The molecule has 3 aromatic carbocycles. The molecule has 0 atom stereocenters. The van der Waals surface area contributed by atoms with Gasteiger partial charge in [0.05, 0.1) is 16.1 Å². The van der Waals surface area contributed by atoms with Crippen LogP contribution in [0.25, 0.3) is 21.9 Å². The molecule has 31 heavy (non-hydrogen) atoms. The Hall–Kier alpha value is -3.65. The topological polar surface area (TPSA) is 65.7 Å². The van der Waals surface area contributed by atoms with Crippen molar-refractivity contribution in [2.75, 3.05) is 5.32 Å². The van der Waals surface area contributed by atoms with Gasteiger partial charge in [0.2, 0.25) is 5.95 Å². The fraction of sp³-hybridized carbons (Fsp3) is 0.0455. The van der Waals surface area contributed by atoms with Crippen molar-refractivity contribution in [3.8, 4) is 11.5 Å². The first-order valence-electron chi connectivity index (χ1n) is 9.24. The van der Waals surface area contributed by atoms with Gasteiger partial charge >= 0.3 is 6.18 Å². The Bertz CT molecular complexity index is 1390. The molecule has 0 spiro atoms. The molecule has 156 valence electrons. The molecule has 9 heteroatoms. The van der Waals surface area contributed by atoms with Crippen LogP contribution in [0.3, 0.4) is 0 Å². The number of imidazole rings is 1. The van der Waals surface area contributed by atoms with Gasteiger partial charge in [-0.05, 0) is 60.7 Å². The minimum Gasteiger partial charge on any atom is -0.457 e. The number of benzene rings is 3. The molecule has 0 saturated carbocycles. The lowest BCUT2D eigenvalue weighted by atomic mass is 10.2. The van der Waals surface area contributed by atoms with Crippen molar-refractivity contribution in [1.82, 2.24) is 15.0 Å². The molecule has 0 aliphatic heterocycles. The highest BCUT2D eigenvalue weighted by Crippen LogP contribution is 2.35. The second-order valence-corrected chi connectivity index (χ2v) is 7.32. The number of anilines is 2. The van der Waals surface area contributed by atoms with Crippen LogP contribution < -0.4 is 10.1 Å². The van der Waals surface area contributed by atoms with Gasteiger partial charge in [0.25, 0.3) is 0 Å². The van der Waals surface area contributed by atoms with Crippen LogP contribution in [0.5, 0.6) is 11.5 Å². The third-order valence-electron chi connectivity index (χ3n) is 4.74. The van der Waals surface area contributed by atoms with E-state index >= 15 is 0 Å². The summed E-state index contributed by atoms with van der Waals surface area (Å²) in [5.74, 6) is 1.63. The molecule has 0 aliphatic carbocycles. The van der Waals surface area contributed by atoms with Crippen molar-refractivity contribution in [2.45, 2.75) is 6.18 Å². The molecule has 5 rings (SSSR count). The SMILES string of the molecule is FC(F)(F)c1cc(Cl)c2nc(Nc3ccc(Oc4ccc5[nH]ccc5c4)cc3)[nH]c2c1. The summed E-state index contributed by atoms with van der Waals surface area (Å²) < 4.78 is 44.8.